The summed E-state index contributed by atoms with van der Waals surface area (Å²) < 4.78 is 0. The summed E-state index contributed by atoms with van der Waals surface area (Å²) in [5.74, 6) is -0.850. The number of nitrogens with two attached hydrogens (primary N) is 1. The van der Waals surface area contributed by atoms with Crippen LogP contribution in [0.1, 0.15) is 39.0 Å². The highest BCUT2D eigenvalue weighted by molar-refractivity contribution is 5.78. The fourth-order valence-corrected chi connectivity index (χ4v) is 2.38. The molecule has 2 atom stereocenters. The first kappa shape index (κ1) is 12.5. The topological polar surface area (TPSA) is 66.6 Å². The molecule has 4 heteroatoms. The van der Waals surface area contributed by atoms with Crippen molar-refractivity contribution in [1.29, 1.82) is 0 Å². The lowest BCUT2D eigenvalue weighted by molar-refractivity contribution is -0.145. The van der Waals surface area contributed by atoms with Gasteiger partial charge in [0.2, 0.25) is 0 Å². The largest absolute Gasteiger partial charge is 0.480 e. The molecule has 0 radical (unpaired) electrons. The van der Waals surface area contributed by atoms with Crippen LogP contribution in [0.5, 0.6) is 0 Å². The molecule has 0 aliphatic heterocycles. The highest BCUT2D eigenvalue weighted by atomic mass is 16.4. The second-order valence-electron chi connectivity index (χ2n) is 4.69. The van der Waals surface area contributed by atoms with Crippen molar-refractivity contribution in [3.8, 4) is 0 Å². The molecule has 15 heavy (non-hydrogen) atoms. The normalized spacial score (nSPS) is 31.9. The number of carboxylic acids is 1. The van der Waals surface area contributed by atoms with Crippen molar-refractivity contribution in [3.63, 3.8) is 0 Å². The van der Waals surface area contributed by atoms with E-state index in [2.05, 4.69) is 18.9 Å². The van der Waals surface area contributed by atoms with Crippen LogP contribution in [0.3, 0.4) is 0 Å². The van der Waals surface area contributed by atoms with Gasteiger partial charge in [0.05, 0.1) is 0 Å². The second-order valence-corrected chi connectivity index (χ2v) is 4.69. The van der Waals surface area contributed by atoms with Crippen LogP contribution in [0.4, 0.5) is 0 Å². The lowest BCUT2D eigenvalue weighted by Crippen LogP contribution is -2.55. The van der Waals surface area contributed by atoms with Gasteiger partial charge in [0.1, 0.15) is 5.54 Å². The lowest BCUT2D eigenvalue weighted by Gasteiger charge is -2.39. The molecule has 2 unspecified atom stereocenters. The first-order valence-electron chi connectivity index (χ1n) is 5.72. The predicted octanol–water partition coefficient (Wildman–Crippen LogP) is 1.05. The van der Waals surface area contributed by atoms with Gasteiger partial charge in [-0.05, 0) is 45.7 Å². The Kier molecular flexibility index (Phi) is 4.11. The molecule has 3 N–H and O–H groups in total. The van der Waals surface area contributed by atoms with Crippen molar-refractivity contribution in [2.75, 3.05) is 13.6 Å². The van der Waals surface area contributed by atoms with E-state index in [9.17, 15) is 4.79 Å². The zero-order chi connectivity index (χ0) is 11.5. The van der Waals surface area contributed by atoms with Crippen LogP contribution in [0, 0.1) is 0 Å². The molecule has 0 heterocycles. The summed E-state index contributed by atoms with van der Waals surface area (Å²) >= 11 is 0. The number of aliphatic carboxylic acids is 1. The Morgan fingerprint density at radius 3 is 2.87 bits per heavy atom. The molecule has 1 saturated carbocycles. The van der Waals surface area contributed by atoms with E-state index in [0.29, 0.717) is 18.9 Å². The molecule has 1 fully saturated rings. The first-order chi connectivity index (χ1) is 6.99. The van der Waals surface area contributed by atoms with Crippen LogP contribution in [0.25, 0.3) is 0 Å². The van der Waals surface area contributed by atoms with Gasteiger partial charge in [0.15, 0.2) is 0 Å². The summed E-state index contributed by atoms with van der Waals surface area (Å²) in [6, 6.07) is 0.333. The minimum atomic E-state index is -0.995. The quantitative estimate of drug-likeness (QED) is 0.734. The van der Waals surface area contributed by atoms with Crippen molar-refractivity contribution < 1.29 is 9.90 Å². The molecule has 0 amide bonds. The summed E-state index contributed by atoms with van der Waals surface area (Å²) in [6.07, 6.45) is 4.28. The maximum Gasteiger partial charge on any atom is 0.323 e. The molecular formula is C11H22N2O2. The van der Waals surface area contributed by atoms with Gasteiger partial charge in [-0.1, -0.05) is 6.92 Å². The van der Waals surface area contributed by atoms with E-state index in [1.165, 1.54) is 0 Å². The van der Waals surface area contributed by atoms with E-state index in [0.717, 1.165) is 25.8 Å². The van der Waals surface area contributed by atoms with Crippen molar-refractivity contribution in [3.05, 3.63) is 0 Å². The highest BCUT2D eigenvalue weighted by Gasteiger charge is 2.40. The Labute approximate surface area is 91.4 Å². The Morgan fingerprint density at radius 1 is 1.67 bits per heavy atom. The second kappa shape index (κ2) is 4.94. The van der Waals surface area contributed by atoms with Gasteiger partial charge in [-0.2, -0.15) is 0 Å². The SMILES string of the molecule is CCCN(C)C1CCCC(N)(C(=O)O)C1. The fourth-order valence-electron chi connectivity index (χ4n) is 2.38. The lowest BCUT2D eigenvalue weighted by atomic mass is 9.79. The van der Waals surface area contributed by atoms with Crippen molar-refractivity contribution in [1.82, 2.24) is 4.90 Å². The smallest absolute Gasteiger partial charge is 0.323 e. The summed E-state index contributed by atoms with van der Waals surface area (Å²) in [6.45, 7) is 3.15. The Bertz CT molecular complexity index is 233. The Hall–Kier alpha value is -0.610. The minimum absolute atomic E-state index is 0.333. The van der Waals surface area contributed by atoms with Crippen molar-refractivity contribution in [2.24, 2.45) is 5.73 Å². The number of carbonyl (C=O) groups is 1. The maximum absolute atomic E-state index is 11.1. The maximum atomic E-state index is 11.1. The number of carboxylic acid groups (broad SMARTS) is 1. The van der Waals surface area contributed by atoms with Crippen molar-refractivity contribution in [2.45, 2.75) is 50.6 Å². The molecule has 0 aromatic carbocycles. The molecule has 0 spiro atoms. The highest BCUT2D eigenvalue weighted by Crippen LogP contribution is 2.29. The number of hydrogen-bond donors (Lipinski definition) is 2. The fraction of sp³-hybridized carbons (Fsp3) is 0.909. The van der Waals surface area contributed by atoms with Crippen LogP contribution in [-0.2, 0) is 4.79 Å². The molecule has 1 aliphatic carbocycles. The van der Waals surface area contributed by atoms with E-state index in [1.807, 2.05) is 0 Å². The van der Waals surface area contributed by atoms with E-state index in [4.69, 9.17) is 10.8 Å². The van der Waals surface area contributed by atoms with Gasteiger partial charge >= 0.3 is 5.97 Å². The molecule has 1 rings (SSSR count). The standard InChI is InChI=1S/C11H22N2O2/c1-3-7-13(2)9-5-4-6-11(12,8-9)10(14)15/h9H,3-8,12H2,1-2H3,(H,14,15). The van der Waals surface area contributed by atoms with E-state index >= 15 is 0 Å². The van der Waals surface area contributed by atoms with Gasteiger partial charge in [0, 0.05) is 6.04 Å². The van der Waals surface area contributed by atoms with Crippen molar-refractivity contribution >= 4 is 5.97 Å². The van der Waals surface area contributed by atoms with Gasteiger partial charge in [-0.15, -0.1) is 0 Å². The summed E-state index contributed by atoms with van der Waals surface area (Å²) in [7, 11) is 2.06. The number of nitrogens with zero attached hydrogens (tertiary/aromatic N) is 1. The molecule has 0 saturated heterocycles. The zero-order valence-corrected chi connectivity index (χ0v) is 9.70. The van der Waals surface area contributed by atoms with Crippen LogP contribution < -0.4 is 5.73 Å². The molecular weight excluding hydrogens is 192 g/mol. The van der Waals surface area contributed by atoms with Crippen LogP contribution in [0.15, 0.2) is 0 Å². The monoisotopic (exact) mass is 214 g/mol. The zero-order valence-electron chi connectivity index (χ0n) is 9.70. The molecule has 4 nitrogen and oxygen atoms in total. The third-order valence-electron chi connectivity index (χ3n) is 3.39. The van der Waals surface area contributed by atoms with Gasteiger partial charge in [0.25, 0.3) is 0 Å². The van der Waals surface area contributed by atoms with E-state index < -0.39 is 11.5 Å². The molecule has 0 aromatic heterocycles. The first-order valence-corrected chi connectivity index (χ1v) is 5.72. The minimum Gasteiger partial charge on any atom is -0.480 e. The van der Waals surface area contributed by atoms with Gasteiger partial charge < -0.3 is 15.7 Å². The van der Waals surface area contributed by atoms with Gasteiger partial charge in [-0.3, -0.25) is 4.79 Å². The summed E-state index contributed by atoms with van der Waals surface area (Å²) in [5, 5.41) is 9.08. The third-order valence-corrected chi connectivity index (χ3v) is 3.39. The van der Waals surface area contributed by atoms with Crippen LogP contribution in [-0.4, -0.2) is 41.1 Å². The predicted molar refractivity (Wildman–Crippen MR) is 59.7 cm³/mol. The summed E-state index contributed by atoms with van der Waals surface area (Å²) in [5.41, 5.74) is 4.90. The van der Waals surface area contributed by atoms with Crippen LogP contribution >= 0.6 is 0 Å². The average molecular weight is 214 g/mol. The Morgan fingerprint density at radius 2 is 2.33 bits per heavy atom. The van der Waals surface area contributed by atoms with E-state index in [1.54, 1.807) is 0 Å². The number of rotatable bonds is 4. The average Bonchev–Trinajstić information content (AvgIpc) is 2.18. The Balaban J connectivity index is 2.59. The summed E-state index contributed by atoms with van der Waals surface area (Å²) in [4.78, 5) is 13.3. The van der Waals surface area contributed by atoms with E-state index in [-0.39, 0.29) is 0 Å². The molecule has 88 valence electrons. The molecule has 0 aromatic rings. The molecule has 1 aliphatic rings. The third kappa shape index (κ3) is 2.92. The number of hydrogen-bond acceptors (Lipinski definition) is 3. The van der Waals surface area contributed by atoms with Crippen LogP contribution in [0.2, 0.25) is 0 Å². The molecule has 0 bridgehead atoms. The van der Waals surface area contributed by atoms with Gasteiger partial charge in [-0.25, -0.2) is 0 Å².